The lowest BCUT2D eigenvalue weighted by Crippen LogP contribution is -2.26. The van der Waals surface area contributed by atoms with E-state index in [4.69, 9.17) is 5.73 Å². The van der Waals surface area contributed by atoms with Crippen LogP contribution < -0.4 is 10.5 Å². The third-order valence-electron chi connectivity index (χ3n) is 3.15. The average molecular weight is 337 g/mol. The smallest absolute Gasteiger partial charge is 0.241 e. The Morgan fingerprint density at radius 2 is 2.17 bits per heavy atom. The first-order chi connectivity index (χ1) is 8.31. The zero-order valence-corrected chi connectivity index (χ0v) is 12.2. The van der Waals surface area contributed by atoms with Gasteiger partial charge in [0.1, 0.15) is 5.82 Å². The van der Waals surface area contributed by atoms with E-state index in [1.807, 2.05) is 0 Å². The van der Waals surface area contributed by atoms with Crippen molar-refractivity contribution in [3.8, 4) is 0 Å². The predicted molar refractivity (Wildman–Crippen MR) is 71.0 cm³/mol. The highest BCUT2D eigenvalue weighted by Gasteiger charge is 2.33. The van der Waals surface area contributed by atoms with Gasteiger partial charge in [0.15, 0.2) is 0 Å². The summed E-state index contributed by atoms with van der Waals surface area (Å²) in [5, 5.41) is 0. The second-order valence-corrected chi connectivity index (χ2v) is 7.22. The lowest BCUT2D eigenvalue weighted by molar-refractivity contribution is 0.573. The van der Waals surface area contributed by atoms with Crippen molar-refractivity contribution >= 4 is 31.6 Å². The summed E-state index contributed by atoms with van der Waals surface area (Å²) in [4.78, 5) is -0.0327. The van der Waals surface area contributed by atoms with Crippen LogP contribution in [-0.4, -0.2) is 15.0 Å². The summed E-state index contributed by atoms with van der Waals surface area (Å²) in [6.45, 7) is 2.48. The number of nitrogens with one attached hydrogen (secondary N) is 1. The second kappa shape index (κ2) is 4.79. The van der Waals surface area contributed by atoms with Crippen LogP contribution in [0.5, 0.6) is 0 Å². The molecule has 0 bridgehead atoms. The molecule has 0 spiro atoms. The maximum atomic E-state index is 13.2. The first-order valence-corrected chi connectivity index (χ1v) is 7.83. The van der Waals surface area contributed by atoms with E-state index >= 15 is 0 Å². The van der Waals surface area contributed by atoms with E-state index in [1.165, 1.54) is 0 Å². The van der Waals surface area contributed by atoms with Crippen LogP contribution in [0.1, 0.15) is 13.3 Å². The van der Waals surface area contributed by atoms with Gasteiger partial charge in [0.25, 0.3) is 0 Å². The third kappa shape index (κ3) is 2.84. The first kappa shape index (κ1) is 13.8. The molecule has 0 heterocycles. The normalized spacial score (nSPS) is 23.1. The van der Waals surface area contributed by atoms with Crippen LogP contribution in [0.2, 0.25) is 0 Å². The number of nitrogen functional groups attached to an aromatic ring is 1. The lowest BCUT2D eigenvalue weighted by atomic mass is 10.3. The van der Waals surface area contributed by atoms with Crippen molar-refractivity contribution in [2.45, 2.75) is 18.2 Å². The molecule has 1 saturated carbocycles. The van der Waals surface area contributed by atoms with E-state index in [0.29, 0.717) is 18.4 Å². The lowest BCUT2D eigenvalue weighted by Gasteiger charge is -2.09. The fraction of sp³-hybridized carbons (Fsp3) is 0.455. The van der Waals surface area contributed by atoms with Crippen LogP contribution in [0, 0.1) is 17.7 Å². The Kier molecular flexibility index (Phi) is 3.66. The first-order valence-electron chi connectivity index (χ1n) is 5.55. The van der Waals surface area contributed by atoms with Crippen LogP contribution in [-0.2, 0) is 10.0 Å². The zero-order valence-electron chi connectivity index (χ0n) is 9.78. The molecule has 0 amide bonds. The van der Waals surface area contributed by atoms with E-state index in [9.17, 15) is 12.8 Å². The van der Waals surface area contributed by atoms with Gasteiger partial charge < -0.3 is 5.73 Å². The number of benzene rings is 1. The van der Waals surface area contributed by atoms with Crippen LogP contribution in [0.15, 0.2) is 21.5 Å². The molecular weight excluding hydrogens is 323 g/mol. The molecule has 0 aliphatic heterocycles. The summed E-state index contributed by atoms with van der Waals surface area (Å²) >= 11 is 3.04. The second-order valence-electron chi connectivity index (χ2n) is 4.63. The monoisotopic (exact) mass is 336 g/mol. The molecule has 2 atom stereocenters. The minimum absolute atomic E-state index is 0.0327. The molecule has 3 N–H and O–H groups in total. The van der Waals surface area contributed by atoms with E-state index in [-0.39, 0.29) is 15.1 Å². The van der Waals surface area contributed by atoms with Gasteiger partial charge in [-0.25, -0.2) is 17.5 Å². The number of hydrogen-bond donors (Lipinski definition) is 2. The van der Waals surface area contributed by atoms with Crippen molar-refractivity contribution in [3.63, 3.8) is 0 Å². The Balaban J connectivity index is 2.21. The minimum atomic E-state index is -3.65. The molecular formula is C11H14BrFN2O2S. The highest BCUT2D eigenvalue weighted by molar-refractivity contribution is 9.10. The summed E-state index contributed by atoms with van der Waals surface area (Å²) in [6, 6.07) is 2.18. The molecule has 7 heteroatoms. The van der Waals surface area contributed by atoms with Gasteiger partial charge in [-0.3, -0.25) is 0 Å². The molecule has 1 aromatic carbocycles. The van der Waals surface area contributed by atoms with Gasteiger partial charge in [0.2, 0.25) is 10.0 Å². The average Bonchev–Trinajstić information content (AvgIpc) is 2.97. The maximum Gasteiger partial charge on any atom is 0.241 e. The minimum Gasteiger partial charge on any atom is -0.396 e. The summed E-state index contributed by atoms with van der Waals surface area (Å²) in [7, 11) is -3.65. The predicted octanol–water partition coefficient (Wildman–Crippen LogP) is 2.10. The standard InChI is InChI=1S/C11H14BrFN2O2S/c1-6-2-7(6)5-15-18(16,17)11-4-10(14)9(13)3-8(11)12/h3-4,6-7,15H,2,5,14H2,1H3. The fourth-order valence-electron chi connectivity index (χ4n) is 1.73. The van der Waals surface area contributed by atoms with Crippen molar-refractivity contribution in [1.82, 2.24) is 4.72 Å². The Hall–Kier alpha value is -0.660. The summed E-state index contributed by atoms with van der Waals surface area (Å²) in [5.74, 6) is 0.322. The van der Waals surface area contributed by atoms with E-state index in [0.717, 1.165) is 18.6 Å². The van der Waals surface area contributed by atoms with Gasteiger partial charge in [-0.05, 0) is 46.3 Å². The molecule has 0 aromatic heterocycles. The third-order valence-corrected chi connectivity index (χ3v) is 5.53. The molecule has 1 aliphatic carbocycles. The number of rotatable bonds is 4. The highest BCUT2D eigenvalue weighted by atomic mass is 79.9. The Morgan fingerprint density at radius 3 is 2.72 bits per heavy atom. The Morgan fingerprint density at radius 1 is 1.56 bits per heavy atom. The van der Waals surface area contributed by atoms with Gasteiger partial charge in [0, 0.05) is 11.0 Å². The van der Waals surface area contributed by atoms with Crippen LogP contribution in [0.25, 0.3) is 0 Å². The molecule has 0 radical (unpaired) electrons. The SMILES string of the molecule is CC1CC1CNS(=O)(=O)c1cc(N)c(F)cc1Br. The quantitative estimate of drug-likeness (QED) is 0.827. The molecule has 1 aromatic rings. The maximum absolute atomic E-state index is 13.2. The topological polar surface area (TPSA) is 72.2 Å². The zero-order chi connectivity index (χ0) is 13.5. The molecule has 2 rings (SSSR count). The fourth-order valence-corrected chi connectivity index (χ4v) is 3.87. The van der Waals surface area contributed by atoms with Gasteiger partial charge >= 0.3 is 0 Å². The molecule has 1 fully saturated rings. The Bertz CT molecular complexity index is 577. The molecule has 2 unspecified atom stereocenters. The number of nitrogens with two attached hydrogens (primary N) is 1. The summed E-state index contributed by atoms with van der Waals surface area (Å²) < 4.78 is 39.9. The number of hydrogen-bond acceptors (Lipinski definition) is 3. The number of sulfonamides is 1. The number of halogens is 2. The van der Waals surface area contributed by atoms with E-state index in [2.05, 4.69) is 27.6 Å². The molecule has 0 saturated heterocycles. The van der Waals surface area contributed by atoms with Gasteiger partial charge in [0.05, 0.1) is 10.6 Å². The van der Waals surface area contributed by atoms with Crippen LogP contribution in [0.3, 0.4) is 0 Å². The van der Waals surface area contributed by atoms with Crippen LogP contribution >= 0.6 is 15.9 Å². The largest absolute Gasteiger partial charge is 0.396 e. The Labute approximate surface area is 114 Å². The van der Waals surface area contributed by atoms with Gasteiger partial charge in [-0.15, -0.1) is 0 Å². The van der Waals surface area contributed by atoms with Gasteiger partial charge in [-0.1, -0.05) is 6.92 Å². The van der Waals surface area contributed by atoms with E-state index in [1.54, 1.807) is 0 Å². The van der Waals surface area contributed by atoms with E-state index < -0.39 is 15.8 Å². The van der Waals surface area contributed by atoms with Crippen molar-refractivity contribution < 1.29 is 12.8 Å². The highest BCUT2D eigenvalue weighted by Crippen LogP contribution is 2.37. The number of anilines is 1. The van der Waals surface area contributed by atoms with Crippen molar-refractivity contribution in [2.24, 2.45) is 11.8 Å². The summed E-state index contributed by atoms with van der Waals surface area (Å²) in [5.41, 5.74) is 5.21. The summed E-state index contributed by atoms with van der Waals surface area (Å²) in [6.07, 6.45) is 1.04. The molecule has 18 heavy (non-hydrogen) atoms. The van der Waals surface area contributed by atoms with Crippen molar-refractivity contribution in [2.75, 3.05) is 12.3 Å². The van der Waals surface area contributed by atoms with Crippen molar-refractivity contribution in [1.29, 1.82) is 0 Å². The van der Waals surface area contributed by atoms with Crippen LogP contribution in [0.4, 0.5) is 10.1 Å². The molecule has 4 nitrogen and oxygen atoms in total. The van der Waals surface area contributed by atoms with Crippen molar-refractivity contribution in [3.05, 3.63) is 22.4 Å². The molecule has 1 aliphatic rings. The van der Waals surface area contributed by atoms with Gasteiger partial charge in [-0.2, -0.15) is 0 Å². The molecule has 100 valence electrons.